The maximum Gasteiger partial charge on any atom is 0.272 e. The zero-order chi connectivity index (χ0) is 20.6. The Balaban J connectivity index is 0.00000136. The maximum absolute atomic E-state index is 14.1. The molecule has 1 aliphatic heterocycles. The number of halogens is 1. The molecular formula is C22H29FN2O3. The van der Waals surface area contributed by atoms with E-state index in [9.17, 15) is 14.5 Å². The molecule has 28 heavy (non-hydrogen) atoms. The third-order valence-corrected chi connectivity index (χ3v) is 4.78. The van der Waals surface area contributed by atoms with Gasteiger partial charge in [-0.3, -0.25) is 15.0 Å². The number of ether oxygens (including phenoxy) is 1. The monoisotopic (exact) mass is 388 g/mol. The van der Waals surface area contributed by atoms with Crippen LogP contribution in [0.2, 0.25) is 0 Å². The van der Waals surface area contributed by atoms with E-state index in [2.05, 4.69) is 29.2 Å². The number of nitrogens with zero attached hydrogens (tertiary/aromatic N) is 2. The Morgan fingerprint density at radius 2 is 1.93 bits per heavy atom. The summed E-state index contributed by atoms with van der Waals surface area (Å²) in [5.41, 5.74) is 0.580. The van der Waals surface area contributed by atoms with Gasteiger partial charge in [0.2, 0.25) is 0 Å². The van der Waals surface area contributed by atoms with E-state index in [1.54, 1.807) is 0 Å². The molecule has 5 nitrogen and oxygen atoms in total. The average Bonchev–Trinajstić information content (AvgIpc) is 3.06. The third kappa shape index (κ3) is 6.02. The van der Waals surface area contributed by atoms with Gasteiger partial charge >= 0.3 is 0 Å². The molecule has 0 N–H and O–H groups in total. The second-order valence-electron chi connectivity index (χ2n) is 7.04. The van der Waals surface area contributed by atoms with Crippen molar-refractivity contribution in [2.45, 2.75) is 45.6 Å². The highest BCUT2D eigenvalue weighted by Gasteiger charge is 2.36. The van der Waals surface area contributed by atoms with Crippen molar-refractivity contribution in [3.8, 4) is 5.75 Å². The van der Waals surface area contributed by atoms with Gasteiger partial charge in [0, 0.05) is 25.6 Å². The minimum atomic E-state index is -0.692. The van der Waals surface area contributed by atoms with Crippen LogP contribution in [0.15, 0.2) is 48.5 Å². The van der Waals surface area contributed by atoms with E-state index in [0.717, 1.165) is 45.0 Å². The molecule has 0 bridgehead atoms. The fourth-order valence-electron chi connectivity index (χ4n) is 3.40. The number of rotatable bonds is 7. The Labute approximate surface area is 166 Å². The van der Waals surface area contributed by atoms with Gasteiger partial charge in [0.05, 0.1) is 11.0 Å². The molecule has 1 fully saturated rings. The van der Waals surface area contributed by atoms with Crippen molar-refractivity contribution < 1.29 is 14.1 Å². The van der Waals surface area contributed by atoms with Crippen LogP contribution in [0.1, 0.15) is 39.2 Å². The summed E-state index contributed by atoms with van der Waals surface area (Å²) in [4.78, 5) is 12.4. The van der Waals surface area contributed by atoms with Crippen molar-refractivity contribution in [3.05, 3.63) is 70.0 Å². The zero-order valence-corrected chi connectivity index (χ0v) is 16.9. The lowest BCUT2D eigenvalue weighted by Crippen LogP contribution is -2.36. The first-order valence-electron chi connectivity index (χ1n) is 9.84. The molecule has 0 aromatic heterocycles. The quantitative estimate of drug-likeness (QED) is 0.481. The Bertz CT molecular complexity index is 770. The first-order chi connectivity index (χ1) is 13.5. The summed E-state index contributed by atoms with van der Waals surface area (Å²) < 4.78 is 20.0. The molecule has 0 amide bonds. The summed E-state index contributed by atoms with van der Waals surface area (Å²) in [6.07, 6.45) is 2.90. The van der Waals surface area contributed by atoms with E-state index in [0.29, 0.717) is 0 Å². The second-order valence-corrected chi connectivity index (χ2v) is 7.04. The first-order valence-corrected chi connectivity index (χ1v) is 9.84. The van der Waals surface area contributed by atoms with E-state index >= 15 is 0 Å². The number of hydrogen-bond acceptors (Lipinski definition) is 4. The van der Waals surface area contributed by atoms with Crippen LogP contribution in [0, 0.1) is 15.9 Å². The zero-order valence-electron chi connectivity index (χ0n) is 16.9. The van der Waals surface area contributed by atoms with Gasteiger partial charge in [-0.1, -0.05) is 44.2 Å². The van der Waals surface area contributed by atoms with E-state index in [4.69, 9.17) is 4.74 Å². The Morgan fingerprint density at radius 3 is 2.57 bits per heavy atom. The molecule has 1 aliphatic rings. The van der Waals surface area contributed by atoms with Gasteiger partial charge in [-0.15, -0.1) is 0 Å². The molecule has 1 saturated heterocycles. The van der Waals surface area contributed by atoms with Crippen molar-refractivity contribution in [1.82, 2.24) is 4.90 Å². The molecule has 1 atom stereocenters. The number of nitro benzene ring substituents is 1. The van der Waals surface area contributed by atoms with Crippen LogP contribution in [0.4, 0.5) is 10.1 Å². The molecular weight excluding hydrogens is 359 g/mol. The highest BCUT2D eigenvalue weighted by molar-refractivity contribution is 5.38. The average molecular weight is 388 g/mol. The van der Waals surface area contributed by atoms with Crippen LogP contribution in [0.5, 0.6) is 5.75 Å². The van der Waals surface area contributed by atoms with Crippen molar-refractivity contribution in [1.29, 1.82) is 0 Å². The predicted octanol–water partition coefficient (Wildman–Crippen LogP) is 5.24. The second kappa shape index (κ2) is 10.2. The molecule has 2 aromatic carbocycles. The fraction of sp³-hybridized carbons (Fsp3) is 0.455. The van der Waals surface area contributed by atoms with E-state index in [1.165, 1.54) is 17.7 Å². The molecule has 0 radical (unpaired) electrons. The molecule has 1 heterocycles. The van der Waals surface area contributed by atoms with Crippen LogP contribution in [-0.2, 0) is 6.42 Å². The molecule has 6 heteroatoms. The smallest absolute Gasteiger partial charge is 0.272 e. The van der Waals surface area contributed by atoms with Crippen LogP contribution in [0.3, 0.4) is 0 Å². The van der Waals surface area contributed by atoms with Gasteiger partial charge in [-0.2, -0.15) is 0 Å². The highest BCUT2D eigenvalue weighted by atomic mass is 19.1. The topological polar surface area (TPSA) is 55.6 Å². The van der Waals surface area contributed by atoms with E-state index < -0.39 is 16.3 Å². The molecule has 0 aliphatic carbocycles. The van der Waals surface area contributed by atoms with Gasteiger partial charge < -0.3 is 4.74 Å². The normalized spacial score (nSPS) is 19.0. The van der Waals surface area contributed by atoms with Crippen LogP contribution in [-0.4, -0.2) is 35.1 Å². The number of benzene rings is 2. The molecule has 0 spiro atoms. The summed E-state index contributed by atoms with van der Waals surface area (Å²) in [5, 5.41) is 10.7. The Morgan fingerprint density at radius 1 is 1.21 bits per heavy atom. The number of hydrogen-bond donors (Lipinski definition) is 0. The van der Waals surface area contributed by atoms with Crippen LogP contribution in [0.25, 0.3) is 0 Å². The van der Waals surface area contributed by atoms with Crippen LogP contribution < -0.4 is 4.74 Å². The summed E-state index contributed by atoms with van der Waals surface area (Å²) in [7, 11) is 0. The minimum absolute atomic E-state index is 0.0734. The summed E-state index contributed by atoms with van der Waals surface area (Å²) >= 11 is 0. The lowest BCUT2D eigenvalue weighted by molar-refractivity contribution is -0.385. The largest absolute Gasteiger partial charge is 0.483 e. The molecule has 2 aromatic rings. The lowest BCUT2D eigenvalue weighted by Gasteiger charge is -2.26. The standard InChI is InChI=1S/C20H23FN2O3.C2H6/c1-20(26-19-10-9-17(23(24)25)14-18(19)21)11-13-22(15-20)12-5-8-16-6-3-2-4-7-16;1-2/h2-4,6-7,9-10,14H,5,8,11-13,15H2,1H3;1-2H3. The number of aryl methyl sites for hydroxylation is 1. The van der Waals surface area contributed by atoms with Gasteiger partial charge in [0.1, 0.15) is 5.60 Å². The maximum atomic E-state index is 14.1. The molecule has 152 valence electrons. The SMILES string of the molecule is CC.CC1(Oc2ccc([N+](=O)[O-])cc2F)CCN(CCCc2ccccc2)C1. The van der Waals surface area contributed by atoms with E-state index in [1.807, 2.05) is 26.8 Å². The van der Waals surface area contributed by atoms with Crippen LogP contribution >= 0.6 is 0 Å². The van der Waals surface area contributed by atoms with Crippen molar-refractivity contribution in [2.24, 2.45) is 0 Å². The minimum Gasteiger partial charge on any atom is -0.483 e. The predicted molar refractivity (Wildman–Crippen MR) is 109 cm³/mol. The summed E-state index contributed by atoms with van der Waals surface area (Å²) in [6.45, 7) is 8.56. The first kappa shape index (κ1) is 21.8. The van der Waals surface area contributed by atoms with Gasteiger partial charge in [-0.05, 0) is 37.9 Å². The number of non-ortho nitro benzene ring substituents is 1. The Kier molecular flexibility index (Phi) is 7.93. The molecule has 3 rings (SSSR count). The van der Waals surface area contributed by atoms with Gasteiger partial charge in [0.15, 0.2) is 11.6 Å². The summed E-state index contributed by atoms with van der Waals surface area (Å²) in [5.74, 6) is -0.618. The summed E-state index contributed by atoms with van der Waals surface area (Å²) in [6, 6.07) is 13.9. The van der Waals surface area contributed by atoms with Crippen molar-refractivity contribution in [3.63, 3.8) is 0 Å². The van der Waals surface area contributed by atoms with Gasteiger partial charge in [0.25, 0.3) is 5.69 Å². The number of likely N-dealkylation sites (tertiary alicyclic amines) is 1. The van der Waals surface area contributed by atoms with E-state index in [-0.39, 0.29) is 11.4 Å². The fourth-order valence-corrected chi connectivity index (χ4v) is 3.40. The third-order valence-electron chi connectivity index (χ3n) is 4.78. The van der Waals surface area contributed by atoms with Crippen molar-refractivity contribution >= 4 is 5.69 Å². The molecule has 0 saturated carbocycles. The Hall–Kier alpha value is -2.47. The molecule has 1 unspecified atom stereocenters. The van der Waals surface area contributed by atoms with Crippen molar-refractivity contribution in [2.75, 3.05) is 19.6 Å². The van der Waals surface area contributed by atoms with Gasteiger partial charge in [-0.25, -0.2) is 4.39 Å². The number of nitro groups is 1. The lowest BCUT2D eigenvalue weighted by atomic mass is 10.1. The highest BCUT2D eigenvalue weighted by Crippen LogP contribution is 2.31.